The number of hydrogen-bond donors (Lipinski definition) is 1. The molecule has 2 rings (SSSR count). The molecule has 1 atom stereocenters. The molecule has 1 N–H and O–H groups in total. The maximum Gasteiger partial charge on any atom is 0.336 e. The van der Waals surface area contributed by atoms with Crippen LogP contribution in [0.1, 0.15) is 26.0 Å². The normalized spacial score (nSPS) is 19.3. The lowest BCUT2D eigenvalue weighted by atomic mass is 9.87. The highest BCUT2D eigenvalue weighted by atomic mass is 16.5. The molecule has 1 aromatic heterocycles. The summed E-state index contributed by atoms with van der Waals surface area (Å²) in [6.07, 6.45) is 2.37. The van der Waals surface area contributed by atoms with Crippen molar-refractivity contribution in [1.29, 1.82) is 0 Å². The SMILES string of the molecule is CCOC(=O)C1=C(C)NC(=O)CC1Cc1ccco1. The summed E-state index contributed by atoms with van der Waals surface area (Å²) in [7, 11) is 0. The van der Waals surface area contributed by atoms with E-state index in [1.165, 1.54) is 0 Å². The maximum atomic E-state index is 12.0. The van der Waals surface area contributed by atoms with Gasteiger partial charge in [0, 0.05) is 24.5 Å². The van der Waals surface area contributed by atoms with Crippen molar-refractivity contribution in [2.75, 3.05) is 6.61 Å². The van der Waals surface area contributed by atoms with E-state index in [0.29, 0.717) is 24.3 Å². The summed E-state index contributed by atoms with van der Waals surface area (Å²) in [5.41, 5.74) is 1.11. The van der Waals surface area contributed by atoms with Crippen molar-refractivity contribution in [3.63, 3.8) is 0 Å². The highest BCUT2D eigenvalue weighted by Gasteiger charge is 2.32. The molecule has 102 valence electrons. The molecule has 1 unspecified atom stereocenters. The lowest BCUT2D eigenvalue weighted by Crippen LogP contribution is -2.36. The largest absolute Gasteiger partial charge is 0.469 e. The van der Waals surface area contributed by atoms with Crippen molar-refractivity contribution < 1.29 is 18.7 Å². The van der Waals surface area contributed by atoms with Gasteiger partial charge in [0.2, 0.25) is 5.91 Å². The fourth-order valence-corrected chi connectivity index (χ4v) is 2.33. The van der Waals surface area contributed by atoms with Crippen LogP contribution in [0, 0.1) is 5.92 Å². The Morgan fingerprint density at radius 3 is 3.00 bits per heavy atom. The minimum Gasteiger partial charge on any atom is -0.469 e. The summed E-state index contributed by atoms with van der Waals surface area (Å²) in [6.45, 7) is 3.80. The standard InChI is InChI=1S/C14H17NO4/c1-3-18-14(17)13-9(2)15-12(16)8-10(13)7-11-5-4-6-19-11/h4-6,10H,3,7-8H2,1-2H3,(H,15,16). The summed E-state index contributed by atoms with van der Waals surface area (Å²) in [4.78, 5) is 23.6. The van der Waals surface area contributed by atoms with E-state index in [0.717, 1.165) is 5.76 Å². The van der Waals surface area contributed by atoms with Crippen LogP contribution in [-0.4, -0.2) is 18.5 Å². The number of allylic oxidation sites excluding steroid dienone is 1. The molecule has 0 radical (unpaired) electrons. The first-order chi connectivity index (χ1) is 9.11. The van der Waals surface area contributed by atoms with Gasteiger partial charge in [0.05, 0.1) is 18.4 Å². The number of carbonyl (C=O) groups is 2. The number of nitrogens with one attached hydrogen (secondary N) is 1. The third kappa shape index (κ3) is 3.05. The summed E-state index contributed by atoms with van der Waals surface area (Å²) < 4.78 is 10.3. The van der Waals surface area contributed by atoms with Gasteiger partial charge in [-0.3, -0.25) is 4.79 Å². The van der Waals surface area contributed by atoms with E-state index < -0.39 is 0 Å². The highest BCUT2D eigenvalue weighted by Crippen LogP contribution is 2.27. The van der Waals surface area contributed by atoms with Crippen molar-refractivity contribution in [2.45, 2.75) is 26.7 Å². The van der Waals surface area contributed by atoms with Crippen LogP contribution >= 0.6 is 0 Å². The maximum absolute atomic E-state index is 12.0. The van der Waals surface area contributed by atoms with Crippen LogP contribution in [-0.2, 0) is 20.7 Å². The Morgan fingerprint density at radius 2 is 2.37 bits per heavy atom. The predicted octanol–water partition coefficient (Wildman–Crippen LogP) is 1.80. The van der Waals surface area contributed by atoms with Crippen LogP contribution in [0.2, 0.25) is 0 Å². The van der Waals surface area contributed by atoms with Gasteiger partial charge in [-0.25, -0.2) is 4.79 Å². The Balaban J connectivity index is 2.24. The van der Waals surface area contributed by atoms with Crippen LogP contribution in [0.25, 0.3) is 0 Å². The Labute approximate surface area is 111 Å². The molecule has 5 heteroatoms. The number of amides is 1. The minimum atomic E-state index is -0.364. The molecule has 0 aromatic carbocycles. The highest BCUT2D eigenvalue weighted by molar-refractivity contribution is 5.94. The van der Waals surface area contributed by atoms with Gasteiger partial charge < -0.3 is 14.5 Å². The molecular weight excluding hydrogens is 246 g/mol. The van der Waals surface area contributed by atoms with Crippen molar-refractivity contribution in [1.82, 2.24) is 5.32 Å². The van der Waals surface area contributed by atoms with Gasteiger partial charge in [-0.05, 0) is 26.0 Å². The van der Waals surface area contributed by atoms with Gasteiger partial charge in [0.25, 0.3) is 0 Å². The van der Waals surface area contributed by atoms with E-state index in [4.69, 9.17) is 9.15 Å². The molecule has 1 amide bonds. The molecular formula is C14H17NO4. The summed E-state index contributed by atoms with van der Waals surface area (Å²) in [5.74, 6) is 0.118. The zero-order chi connectivity index (χ0) is 13.8. The second-order valence-electron chi connectivity index (χ2n) is 4.49. The zero-order valence-electron chi connectivity index (χ0n) is 11.1. The molecule has 0 aliphatic carbocycles. The van der Waals surface area contributed by atoms with Crippen LogP contribution in [0.3, 0.4) is 0 Å². The number of hydrogen-bond acceptors (Lipinski definition) is 4. The van der Waals surface area contributed by atoms with E-state index in [2.05, 4.69) is 5.32 Å². The first kappa shape index (κ1) is 13.4. The third-order valence-electron chi connectivity index (χ3n) is 3.09. The van der Waals surface area contributed by atoms with Crippen molar-refractivity contribution >= 4 is 11.9 Å². The van der Waals surface area contributed by atoms with Crippen LogP contribution < -0.4 is 5.32 Å². The Hall–Kier alpha value is -2.04. The smallest absolute Gasteiger partial charge is 0.336 e. The second kappa shape index (κ2) is 5.73. The van der Waals surface area contributed by atoms with Crippen LogP contribution in [0.4, 0.5) is 0 Å². The van der Waals surface area contributed by atoms with E-state index in [9.17, 15) is 9.59 Å². The molecule has 0 saturated carbocycles. The number of carbonyl (C=O) groups excluding carboxylic acids is 2. The molecule has 0 spiro atoms. The molecule has 2 heterocycles. The average molecular weight is 263 g/mol. The minimum absolute atomic E-state index is 0.0814. The Kier molecular flexibility index (Phi) is 4.04. The van der Waals surface area contributed by atoms with Gasteiger partial charge in [0.15, 0.2) is 0 Å². The first-order valence-corrected chi connectivity index (χ1v) is 6.32. The number of ether oxygens (including phenoxy) is 1. The van der Waals surface area contributed by atoms with Gasteiger partial charge in [0.1, 0.15) is 5.76 Å². The lowest BCUT2D eigenvalue weighted by Gasteiger charge is -2.25. The van der Waals surface area contributed by atoms with Crippen molar-refractivity contribution in [2.24, 2.45) is 5.92 Å². The van der Waals surface area contributed by atoms with Crippen molar-refractivity contribution in [3.8, 4) is 0 Å². The molecule has 0 bridgehead atoms. The molecule has 1 aromatic rings. The summed E-state index contributed by atoms with van der Waals surface area (Å²) in [5, 5.41) is 2.69. The quantitative estimate of drug-likeness (QED) is 0.841. The Bertz CT molecular complexity index is 502. The van der Waals surface area contributed by atoms with Gasteiger partial charge in [-0.1, -0.05) is 0 Å². The molecule has 1 aliphatic heterocycles. The molecule has 19 heavy (non-hydrogen) atoms. The lowest BCUT2D eigenvalue weighted by molar-refractivity contribution is -0.139. The van der Waals surface area contributed by atoms with Gasteiger partial charge >= 0.3 is 5.97 Å². The molecule has 5 nitrogen and oxygen atoms in total. The second-order valence-corrected chi connectivity index (χ2v) is 4.49. The van der Waals surface area contributed by atoms with Crippen LogP contribution in [0.5, 0.6) is 0 Å². The summed E-state index contributed by atoms with van der Waals surface area (Å²) in [6, 6.07) is 3.63. The zero-order valence-corrected chi connectivity index (χ0v) is 11.1. The number of esters is 1. The Morgan fingerprint density at radius 1 is 1.58 bits per heavy atom. The molecule has 0 fully saturated rings. The van der Waals surface area contributed by atoms with E-state index >= 15 is 0 Å². The van der Waals surface area contributed by atoms with E-state index in [-0.39, 0.29) is 24.2 Å². The topological polar surface area (TPSA) is 68.5 Å². The van der Waals surface area contributed by atoms with Crippen molar-refractivity contribution in [3.05, 3.63) is 35.4 Å². The van der Waals surface area contributed by atoms with Gasteiger partial charge in [-0.2, -0.15) is 0 Å². The monoisotopic (exact) mass is 263 g/mol. The molecule has 1 aliphatic rings. The van der Waals surface area contributed by atoms with E-state index in [1.807, 2.05) is 6.07 Å². The number of rotatable bonds is 4. The molecule has 0 saturated heterocycles. The average Bonchev–Trinajstić information content (AvgIpc) is 2.81. The fourth-order valence-electron chi connectivity index (χ4n) is 2.33. The first-order valence-electron chi connectivity index (χ1n) is 6.32. The van der Waals surface area contributed by atoms with Crippen LogP contribution in [0.15, 0.2) is 34.1 Å². The number of furan rings is 1. The predicted molar refractivity (Wildman–Crippen MR) is 68.0 cm³/mol. The van der Waals surface area contributed by atoms with Gasteiger partial charge in [-0.15, -0.1) is 0 Å². The van der Waals surface area contributed by atoms with E-state index in [1.54, 1.807) is 26.2 Å². The fraction of sp³-hybridized carbons (Fsp3) is 0.429. The third-order valence-corrected chi connectivity index (χ3v) is 3.09. The summed E-state index contributed by atoms with van der Waals surface area (Å²) >= 11 is 0.